The van der Waals surface area contributed by atoms with E-state index in [2.05, 4.69) is 0 Å². The second-order valence-corrected chi connectivity index (χ2v) is 6.24. The van der Waals surface area contributed by atoms with Gasteiger partial charge in [-0.25, -0.2) is 4.39 Å². The molecule has 0 bridgehead atoms. The predicted molar refractivity (Wildman–Crippen MR) is 87.7 cm³/mol. The molecule has 2 aromatic rings. The first-order chi connectivity index (χ1) is 11.5. The van der Waals surface area contributed by atoms with Gasteiger partial charge in [-0.2, -0.15) is 0 Å². The summed E-state index contributed by atoms with van der Waals surface area (Å²) in [5.41, 5.74) is 0.498. The molecule has 24 heavy (non-hydrogen) atoms. The number of Topliss-reactive ketones (excluding diaryl/α,β-unsaturated/α-hetero) is 3. The van der Waals surface area contributed by atoms with Crippen LogP contribution in [0.1, 0.15) is 34.7 Å². The summed E-state index contributed by atoms with van der Waals surface area (Å²) in [6.45, 7) is 0. The second kappa shape index (κ2) is 6.65. The summed E-state index contributed by atoms with van der Waals surface area (Å²) in [7, 11) is 0. The van der Waals surface area contributed by atoms with E-state index >= 15 is 0 Å². The fourth-order valence-electron chi connectivity index (χ4n) is 3.14. The zero-order valence-electron chi connectivity index (χ0n) is 12.7. The van der Waals surface area contributed by atoms with Crippen molar-refractivity contribution in [3.63, 3.8) is 0 Å². The largest absolute Gasteiger partial charge is 0.298 e. The molecule has 0 radical (unpaired) electrons. The first-order valence-corrected chi connectivity index (χ1v) is 7.95. The first kappa shape index (κ1) is 16.5. The highest BCUT2D eigenvalue weighted by molar-refractivity contribution is 6.31. The van der Waals surface area contributed by atoms with Crippen molar-refractivity contribution in [2.75, 3.05) is 0 Å². The van der Waals surface area contributed by atoms with Crippen molar-refractivity contribution in [1.82, 2.24) is 0 Å². The molecule has 122 valence electrons. The van der Waals surface area contributed by atoms with Crippen molar-refractivity contribution in [1.29, 1.82) is 0 Å². The maximum absolute atomic E-state index is 14.0. The normalized spacial score (nSPS) is 20.9. The molecule has 5 heteroatoms. The van der Waals surface area contributed by atoms with Crippen molar-refractivity contribution >= 4 is 29.0 Å². The number of ketones is 3. The molecule has 0 unspecified atom stereocenters. The van der Waals surface area contributed by atoms with Gasteiger partial charge < -0.3 is 0 Å². The van der Waals surface area contributed by atoms with Gasteiger partial charge in [-0.1, -0.05) is 48.0 Å². The van der Waals surface area contributed by atoms with Gasteiger partial charge in [-0.15, -0.1) is 0 Å². The van der Waals surface area contributed by atoms with Crippen LogP contribution in [0.5, 0.6) is 0 Å². The fraction of sp³-hybridized carbons (Fsp3) is 0.211. The molecule has 1 saturated carbocycles. The number of rotatable bonds is 3. The summed E-state index contributed by atoms with van der Waals surface area (Å²) in [4.78, 5) is 37.3. The Labute approximate surface area is 143 Å². The molecule has 3 nitrogen and oxygen atoms in total. The number of halogens is 2. The van der Waals surface area contributed by atoms with Gasteiger partial charge in [0.05, 0.1) is 0 Å². The second-order valence-electron chi connectivity index (χ2n) is 5.84. The standard InChI is InChI=1S/C19H14ClFO3/c20-13-7-4-8-14(21)17(13)12-9-15(22)18(16(23)10-12)19(24)11-5-2-1-3-6-11/h1-8,12,18H,9-10H2. The molecule has 1 aliphatic carbocycles. The number of carbonyl (C=O) groups is 3. The molecule has 0 amide bonds. The average molecular weight is 345 g/mol. The van der Waals surface area contributed by atoms with Gasteiger partial charge in [-0.3, -0.25) is 14.4 Å². The molecule has 0 atom stereocenters. The summed E-state index contributed by atoms with van der Waals surface area (Å²) in [6.07, 6.45) is -0.148. The minimum absolute atomic E-state index is 0.0738. The van der Waals surface area contributed by atoms with Crippen LogP contribution in [0.2, 0.25) is 5.02 Å². The van der Waals surface area contributed by atoms with Gasteiger partial charge in [0.25, 0.3) is 0 Å². The lowest BCUT2D eigenvalue weighted by atomic mass is 9.74. The van der Waals surface area contributed by atoms with Gasteiger partial charge in [0, 0.05) is 34.9 Å². The summed E-state index contributed by atoms with van der Waals surface area (Å²) in [5, 5.41) is 0.188. The molecule has 1 fully saturated rings. The van der Waals surface area contributed by atoms with Crippen LogP contribution in [0, 0.1) is 11.7 Å². The number of hydrogen-bond acceptors (Lipinski definition) is 3. The third-order valence-electron chi connectivity index (χ3n) is 4.27. The van der Waals surface area contributed by atoms with E-state index in [1.165, 1.54) is 18.2 Å². The van der Waals surface area contributed by atoms with Crippen molar-refractivity contribution in [3.8, 4) is 0 Å². The highest BCUT2D eigenvalue weighted by Gasteiger charge is 2.41. The lowest BCUT2D eigenvalue weighted by Gasteiger charge is -2.26. The van der Waals surface area contributed by atoms with Crippen LogP contribution in [0.3, 0.4) is 0 Å². The van der Waals surface area contributed by atoms with Crippen LogP contribution in [0.15, 0.2) is 48.5 Å². The Kier molecular flexibility index (Phi) is 4.58. The molecule has 0 N–H and O–H groups in total. The Bertz CT molecular complexity index is 778. The zero-order chi connectivity index (χ0) is 17.3. The molecular formula is C19H14ClFO3. The van der Waals surface area contributed by atoms with Crippen molar-refractivity contribution in [2.24, 2.45) is 5.92 Å². The minimum atomic E-state index is -1.30. The smallest absolute Gasteiger partial charge is 0.180 e. The van der Waals surface area contributed by atoms with Crippen LogP contribution >= 0.6 is 11.6 Å². The van der Waals surface area contributed by atoms with E-state index in [0.717, 1.165) is 0 Å². The molecule has 0 saturated heterocycles. The van der Waals surface area contributed by atoms with E-state index in [1.54, 1.807) is 30.3 Å². The summed E-state index contributed by atoms with van der Waals surface area (Å²) in [6, 6.07) is 12.5. The van der Waals surface area contributed by atoms with Crippen molar-refractivity contribution in [2.45, 2.75) is 18.8 Å². The van der Waals surface area contributed by atoms with Gasteiger partial charge in [0.15, 0.2) is 17.3 Å². The van der Waals surface area contributed by atoms with Crippen molar-refractivity contribution < 1.29 is 18.8 Å². The Morgan fingerprint density at radius 2 is 1.58 bits per heavy atom. The topological polar surface area (TPSA) is 51.2 Å². The van der Waals surface area contributed by atoms with Crippen LogP contribution < -0.4 is 0 Å². The predicted octanol–water partition coefficient (Wildman–Crippen LogP) is 3.99. The Morgan fingerprint density at radius 1 is 0.958 bits per heavy atom. The summed E-state index contributed by atoms with van der Waals surface area (Å²) in [5.74, 6) is -3.92. The highest BCUT2D eigenvalue weighted by atomic mass is 35.5. The van der Waals surface area contributed by atoms with Crippen molar-refractivity contribution in [3.05, 3.63) is 70.5 Å². The maximum Gasteiger partial charge on any atom is 0.180 e. The lowest BCUT2D eigenvalue weighted by molar-refractivity contribution is -0.133. The van der Waals surface area contributed by atoms with Gasteiger partial charge >= 0.3 is 0 Å². The minimum Gasteiger partial charge on any atom is -0.298 e. The Morgan fingerprint density at radius 3 is 2.17 bits per heavy atom. The van der Waals surface area contributed by atoms with Gasteiger partial charge in [-0.05, 0) is 12.1 Å². The van der Waals surface area contributed by atoms with E-state index in [4.69, 9.17) is 11.6 Å². The summed E-state index contributed by atoms with van der Waals surface area (Å²) >= 11 is 6.02. The monoisotopic (exact) mass is 344 g/mol. The van der Waals surface area contributed by atoms with Crippen LogP contribution in [0.25, 0.3) is 0 Å². The number of hydrogen-bond donors (Lipinski definition) is 0. The molecule has 1 aliphatic rings. The summed E-state index contributed by atoms with van der Waals surface area (Å²) < 4.78 is 14.0. The van der Waals surface area contributed by atoms with Crippen LogP contribution in [0.4, 0.5) is 4.39 Å². The van der Waals surface area contributed by atoms with Crippen LogP contribution in [-0.4, -0.2) is 17.3 Å². The van der Waals surface area contributed by atoms with Gasteiger partial charge in [0.2, 0.25) is 0 Å². The maximum atomic E-state index is 14.0. The molecule has 2 aromatic carbocycles. The Balaban J connectivity index is 1.87. The average Bonchev–Trinajstić information content (AvgIpc) is 2.55. The third-order valence-corrected chi connectivity index (χ3v) is 4.60. The molecule has 0 heterocycles. The van der Waals surface area contributed by atoms with Crippen LogP contribution in [-0.2, 0) is 9.59 Å². The Hall–Kier alpha value is -2.33. The lowest BCUT2D eigenvalue weighted by Crippen LogP contribution is -2.38. The first-order valence-electron chi connectivity index (χ1n) is 7.57. The number of carbonyl (C=O) groups excluding carboxylic acids is 3. The van der Waals surface area contributed by atoms with E-state index < -0.39 is 35.0 Å². The van der Waals surface area contributed by atoms with Gasteiger partial charge in [0.1, 0.15) is 11.7 Å². The number of benzene rings is 2. The molecule has 0 spiro atoms. The zero-order valence-corrected chi connectivity index (χ0v) is 13.4. The molecule has 0 aliphatic heterocycles. The van der Waals surface area contributed by atoms with E-state index in [1.807, 2.05) is 0 Å². The molecular weight excluding hydrogens is 331 g/mol. The third kappa shape index (κ3) is 3.02. The highest BCUT2D eigenvalue weighted by Crippen LogP contribution is 2.37. The molecule has 3 rings (SSSR count). The fourth-order valence-corrected chi connectivity index (χ4v) is 3.46. The quantitative estimate of drug-likeness (QED) is 0.624. The molecule has 0 aromatic heterocycles. The van der Waals surface area contributed by atoms with E-state index in [9.17, 15) is 18.8 Å². The van der Waals surface area contributed by atoms with E-state index in [-0.39, 0.29) is 23.4 Å². The SMILES string of the molecule is O=C1CC(c2c(F)cccc2Cl)CC(=O)C1C(=O)c1ccccc1. The van der Waals surface area contributed by atoms with E-state index in [0.29, 0.717) is 5.56 Å².